The smallest absolute Gasteiger partial charge is 0.313 e. The summed E-state index contributed by atoms with van der Waals surface area (Å²) < 4.78 is 18.2. The van der Waals surface area contributed by atoms with Crippen LogP contribution in [0, 0.1) is 5.82 Å². The van der Waals surface area contributed by atoms with E-state index in [1.165, 1.54) is 12.1 Å². The standard InChI is InChI=1S/C18H19FN2O3/c1-3-24-16-10-8-15(9-11-16)21-18(23)17(22)20-12(2)13-4-6-14(19)7-5-13/h4-12H,3H2,1-2H3,(H,20,22)(H,21,23). The van der Waals surface area contributed by atoms with E-state index in [0.29, 0.717) is 23.6 Å². The fourth-order valence-corrected chi connectivity index (χ4v) is 2.09. The van der Waals surface area contributed by atoms with Crippen LogP contribution >= 0.6 is 0 Å². The summed E-state index contributed by atoms with van der Waals surface area (Å²) in [5.41, 5.74) is 1.20. The minimum atomic E-state index is -0.770. The quantitative estimate of drug-likeness (QED) is 0.828. The number of anilines is 1. The van der Waals surface area contributed by atoms with Crippen molar-refractivity contribution in [3.63, 3.8) is 0 Å². The van der Waals surface area contributed by atoms with Crippen molar-refractivity contribution < 1.29 is 18.7 Å². The Morgan fingerprint density at radius 1 is 1.04 bits per heavy atom. The molecule has 0 aliphatic heterocycles. The lowest BCUT2D eigenvalue weighted by Gasteiger charge is -2.14. The van der Waals surface area contributed by atoms with Crippen LogP contribution < -0.4 is 15.4 Å². The summed E-state index contributed by atoms with van der Waals surface area (Å²) >= 11 is 0. The highest BCUT2D eigenvalue weighted by molar-refractivity contribution is 6.39. The molecule has 0 radical (unpaired) electrons. The number of amides is 2. The fourth-order valence-electron chi connectivity index (χ4n) is 2.09. The lowest BCUT2D eigenvalue weighted by atomic mass is 10.1. The molecule has 1 unspecified atom stereocenters. The molecule has 0 saturated carbocycles. The Morgan fingerprint density at radius 2 is 1.67 bits per heavy atom. The van der Waals surface area contributed by atoms with E-state index in [9.17, 15) is 14.0 Å². The first kappa shape index (κ1) is 17.5. The summed E-state index contributed by atoms with van der Waals surface area (Å²) in [6.45, 7) is 4.15. The van der Waals surface area contributed by atoms with Crippen molar-refractivity contribution in [3.05, 3.63) is 59.9 Å². The van der Waals surface area contributed by atoms with Gasteiger partial charge >= 0.3 is 11.8 Å². The van der Waals surface area contributed by atoms with Crippen molar-refractivity contribution in [2.24, 2.45) is 0 Å². The van der Waals surface area contributed by atoms with E-state index in [0.717, 1.165) is 0 Å². The van der Waals surface area contributed by atoms with E-state index in [2.05, 4.69) is 10.6 Å². The van der Waals surface area contributed by atoms with Gasteiger partial charge < -0.3 is 15.4 Å². The van der Waals surface area contributed by atoms with Crippen LogP contribution in [0.25, 0.3) is 0 Å². The number of carbonyl (C=O) groups is 2. The SMILES string of the molecule is CCOc1ccc(NC(=O)C(=O)NC(C)c2ccc(F)cc2)cc1. The average Bonchev–Trinajstić information content (AvgIpc) is 2.57. The van der Waals surface area contributed by atoms with Gasteiger partial charge in [-0.1, -0.05) is 12.1 Å². The number of ether oxygens (including phenoxy) is 1. The van der Waals surface area contributed by atoms with Gasteiger partial charge in [0.05, 0.1) is 12.6 Å². The molecule has 0 aromatic heterocycles. The van der Waals surface area contributed by atoms with Crippen LogP contribution in [0.15, 0.2) is 48.5 Å². The van der Waals surface area contributed by atoms with Gasteiger partial charge in [0.25, 0.3) is 0 Å². The molecule has 0 fully saturated rings. The number of carbonyl (C=O) groups excluding carboxylic acids is 2. The maximum atomic E-state index is 12.9. The van der Waals surface area contributed by atoms with Crippen molar-refractivity contribution in [2.75, 3.05) is 11.9 Å². The molecule has 126 valence electrons. The molecule has 2 aromatic rings. The summed E-state index contributed by atoms with van der Waals surface area (Å²) in [4.78, 5) is 23.9. The molecule has 2 rings (SSSR count). The van der Waals surface area contributed by atoms with Crippen LogP contribution in [0.4, 0.5) is 10.1 Å². The number of benzene rings is 2. The van der Waals surface area contributed by atoms with Gasteiger partial charge in [0.15, 0.2) is 0 Å². The predicted octanol–water partition coefficient (Wildman–Crippen LogP) is 3.04. The summed E-state index contributed by atoms with van der Waals surface area (Å²) in [5.74, 6) is -1.20. The highest BCUT2D eigenvalue weighted by atomic mass is 19.1. The van der Waals surface area contributed by atoms with E-state index >= 15 is 0 Å². The molecule has 0 heterocycles. The molecule has 0 aliphatic rings. The molecule has 1 atom stereocenters. The summed E-state index contributed by atoms with van der Waals surface area (Å²) in [6, 6.07) is 12.0. The molecule has 0 spiro atoms. The molecular formula is C18H19FN2O3. The minimum absolute atomic E-state index is 0.356. The van der Waals surface area contributed by atoms with E-state index in [-0.39, 0.29) is 5.82 Å². The molecule has 2 aromatic carbocycles. The molecule has 0 saturated heterocycles. The highest BCUT2D eigenvalue weighted by Gasteiger charge is 2.17. The Labute approximate surface area is 139 Å². The van der Waals surface area contributed by atoms with Gasteiger partial charge in [-0.3, -0.25) is 9.59 Å². The van der Waals surface area contributed by atoms with Crippen molar-refractivity contribution >= 4 is 17.5 Å². The van der Waals surface area contributed by atoms with Gasteiger partial charge in [-0.25, -0.2) is 4.39 Å². The first-order chi connectivity index (χ1) is 11.5. The Kier molecular flexibility index (Phi) is 5.89. The zero-order valence-corrected chi connectivity index (χ0v) is 13.5. The third kappa shape index (κ3) is 4.81. The molecule has 24 heavy (non-hydrogen) atoms. The topological polar surface area (TPSA) is 67.4 Å². The molecule has 0 bridgehead atoms. The Morgan fingerprint density at radius 3 is 2.25 bits per heavy atom. The first-order valence-corrected chi connectivity index (χ1v) is 7.59. The van der Waals surface area contributed by atoms with E-state index in [4.69, 9.17) is 4.74 Å². The Hall–Kier alpha value is -2.89. The van der Waals surface area contributed by atoms with Crippen LogP contribution in [0.2, 0.25) is 0 Å². The molecule has 0 aliphatic carbocycles. The fraction of sp³-hybridized carbons (Fsp3) is 0.222. The normalized spacial score (nSPS) is 11.5. The summed E-state index contributed by atoms with van der Waals surface area (Å²) in [7, 11) is 0. The van der Waals surface area contributed by atoms with E-state index in [1.807, 2.05) is 6.92 Å². The van der Waals surface area contributed by atoms with Gasteiger partial charge in [-0.05, 0) is 55.8 Å². The molecule has 5 nitrogen and oxygen atoms in total. The lowest BCUT2D eigenvalue weighted by Crippen LogP contribution is -2.36. The van der Waals surface area contributed by atoms with Gasteiger partial charge in [0.2, 0.25) is 0 Å². The monoisotopic (exact) mass is 330 g/mol. The third-order valence-electron chi connectivity index (χ3n) is 3.35. The average molecular weight is 330 g/mol. The predicted molar refractivity (Wildman–Crippen MR) is 89.2 cm³/mol. The van der Waals surface area contributed by atoms with Gasteiger partial charge in [0, 0.05) is 5.69 Å². The maximum absolute atomic E-state index is 12.9. The Bertz CT molecular complexity index is 699. The van der Waals surface area contributed by atoms with Gasteiger partial charge in [-0.2, -0.15) is 0 Å². The van der Waals surface area contributed by atoms with Crippen LogP contribution in [0.5, 0.6) is 5.75 Å². The summed E-state index contributed by atoms with van der Waals surface area (Å²) in [5, 5.41) is 5.08. The van der Waals surface area contributed by atoms with Crippen molar-refractivity contribution in [2.45, 2.75) is 19.9 Å². The molecular weight excluding hydrogens is 311 g/mol. The van der Waals surface area contributed by atoms with E-state index < -0.39 is 17.9 Å². The zero-order valence-electron chi connectivity index (χ0n) is 13.5. The first-order valence-electron chi connectivity index (χ1n) is 7.59. The van der Waals surface area contributed by atoms with Crippen molar-refractivity contribution in [1.29, 1.82) is 0 Å². The van der Waals surface area contributed by atoms with Crippen molar-refractivity contribution in [3.8, 4) is 5.75 Å². The number of halogens is 1. The van der Waals surface area contributed by atoms with Gasteiger partial charge in [0.1, 0.15) is 11.6 Å². The second kappa shape index (κ2) is 8.10. The van der Waals surface area contributed by atoms with Crippen LogP contribution in [0.3, 0.4) is 0 Å². The van der Waals surface area contributed by atoms with Crippen LogP contribution in [-0.2, 0) is 9.59 Å². The Balaban J connectivity index is 1.91. The largest absolute Gasteiger partial charge is 0.494 e. The molecule has 2 amide bonds. The zero-order chi connectivity index (χ0) is 17.5. The van der Waals surface area contributed by atoms with Gasteiger partial charge in [-0.15, -0.1) is 0 Å². The number of hydrogen-bond acceptors (Lipinski definition) is 3. The molecule has 6 heteroatoms. The molecule has 2 N–H and O–H groups in total. The minimum Gasteiger partial charge on any atom is -0.494 e. The van der Waals surface area contributed by atoms with Crippen LogP contribution in [0.1, 0.15) is 25.5 Å². The van der Waals surface area contributed by atoms with Crippen LogP contribution in [-0.4, -0.2) is 18.4 Å². The van der Waals surface area contributed by atoms with E-state index in [1.54, 1.807) is 43.3 Å². The number of nitrogens with one attached hydrogen (secondary N) is 2. The second-order valence-electron chi connectivity index (χ2n) is 5.16. The highest BCUT2D eigenvalue weighted by Crippen LogP contribution is 2.16. The number of rotatable bonds is 5. The third-order valence-corrected chi connectivity index (χ3v) is 3.35. The van der Waals surface area contributed by atoms with Crippen molar-refractivity contribution in [1.82, 2.24) is 5.32 Å². The maximum Gasteiger partial charge on any atom is 0.313 e. The second-order valence-corrected chi connectivity index (χ2v) is 5.16. The lowest BCUT2D eigenvalue weighted by molar-refractivity contribution is -0.136. The number of hydrogen-bond donors (Lipinski definition) is 2. The summed E-state index contributed by atoms with van der Waals surface area (Å²) in [6.07, 6.45) is 0.